The van der Waals surface area contributed by atoms with E-state index in [2.05, 4.69) is 0 Å². The van der Waals surface area contributed by atoms with Gasteiger partial charge in [0.15, 0.2) is 5.71 Å². The number of carboxylic acid groups (broad SMARTS) is 1. The van der Waals surface area contributed by atoms with E-state index < -0.39 is 40.7 Å². The average Bonchev–Trinajstić information content (AvgIpc) is 3.13. The lowest BCUT2D eigenvalue weighted by atomic mass is 9.82. The van der Waals surface area contributed by atoms with Crippen molar-refractivity contribution >= 4 is 59.0 Å². The van der Waals surface area contributed by atoms with Crippen LogP contribution in [0.5, 0.6) is 0 Å². The number of unbranched alkanes of at least 4 members (excludes halogenated alkanes) is 2. The fourth-order valence-corrected chi connectivity index (χ4v) is 6.72. The molecule has 2 aromatic rings. The van der Waals surface area contributed by atoms with Gasteiger partial charge in [0.25, 0.3) is 10.1 Å². The Labute approximate surface area is 184 Å². The third-order valence-electron chi connectivity index (χ3n) is 5.78. The molecule has 2 heterocycles. The van der Waals surface area contributed by atoms with Crippen LogP contribution in [0.1, 0.15) is 52.0 Å². The van der Waals surface area contributed by atoms with Crippen LogP contribution < -0.4 is 0 Å². The number of hydrogen-bond acceptors (Lipinski definition) is 6. The number of thiophene rings is 1. The summed E-state index contributed by atoms with van der Waals surface area (Å²) in [5, 5.41) is 9.11. The van der Waals surface area contributed by atoms with Crippen molar-refractivity contribution in [2.45, 2.75) is 61.0 Å². The standard InChI is InChI=1S/C19H23NO8S3/c1-11-19(2,3)13-10-14(30(23,24)25)18-12(9-16(29-18)31(26,27)28)17(13)20(11)8-6-4-5-7-15(21)22/h9-10H,4-8H2,1-3H3,(H2-,21,22,23,24,25,26,27,28)/p+1. The van der Waals surface area contributed by atoms with Gasteiger partial charge >= 0.3 is 16.1 Å². The number of benzene rings is 1. The third-order valence-corrected chi connectivity index (χ3v) is 9.25. The molecule has 0 fully saturated rings. The lowest BCUT2D eigenvalue weighted by Gasteiger charge is -2.15. The SMILES string of the molecule is CC1=[N+](CCCCCC(=O)O)c2c(cc(S(=O)(=O)O)c3sc(S(=O)(=O)O)cc23)C1(C)C. The van der Waals surface area contributed by atoms with E-state index in [1.165, 1.54) is 12.1 Å². The summed E-state index contributed by atoms with van der Waals surface area (Å²) < 4.78 is 68.5. The third kappa shape index (κ3) is 4.40. The Bertz CT molecular complexity index is 1320. The van der Waals surface area contributed by atoms with E-state index in [1.54, 1.807) is 0 Å². The number of fused-ring (bicyclic) bond motifs is 3. The van der Waals surface area contributed by atoms with E-state index in [4.69, 9.17) is 5.11 Å². The minimum Gasteiger partial charge on any atom is -0.481 e. The summed E-state index contributed by atoms with van der Waals surface area (Å²) >= 11 is 0.584. The van der Waals surface area contributed by atoms with Crippen LogP contribution in [0.3, 0.4) is 0 Å². The van der Waals surface area contributed by atoms with E-state index >= 15 is 0 Å². The molecule has 3 N–H and O–H groups in total. The van der Waals surface area contributed by atoms with Crippen molar-refractivity contribution in [3.8, 4) is 0 Å². The van der Waals surface area contributed by atoms with E-state index in [1.807, 2.05) is 25.3 Å². The Morgan fingerprint density at radius 2 is 1.71 bits per heavy atom. The summed E-state index contributed by atoms with van der Waals surface area (Å²) in [5.74, 6) is -0.856. The number of aliphatic carboxylic acids is 1. The van der Waals surface area contributed by atoms with Gasteiger partial charge in [-0.2, -0.15) is 21.4 Å². The van der Waals surface area contributed by atoms with Gasteiger partial charge in [0.05, 0.1) is 15.5 Å². The second-order valence-corrected chi connectivity index (χ2v) is 12.2. The first-order valence-corrected chi connectivity index (χ1v) is 13.2. The van der Waals surface area contributed by atoms with Crippen LogP contribution in [0.15, 0.2) is 21.2 Å². The highest BCUT2D eigenvalue weighted by molar-refractivity contribution is 7.88. The second-order valence-electron chi connectivity index (χ2n) is 8.10. The van der Waals surface area contributed by atoms with Gasteiger partial charge in [-0.1, -0.05) is 0 Å². The molecule has 1 aliphatic heterocycles. The van der Waals surface area contributed by atoms with Crippen molar-refractivity contribution in [2.24, 2.45) is 0 Å². The minimum absolute atomic E-state index is 0.0512. The van der Waals surface area contributed by atoms with Gasteiger partial charge in [-0.3, -0.25) is 13.9 Å². The predicted molar refractivity (Wildman–Crippen MR) is 116 cm³/mol. The lowest BCUT2D eigenvalue weighted by Crippen LogP contribution is -2.26. The van der Waals surface area contributed by atoms with Gasteiger partial charge in [0.1, 0.15) is 15.6 Å². The van der Waals surface area contributed by atoms with Crippen LogP contribution in [0.2, 0.25) is 0 Å². The molecule has 1 aromatic carbocycles. The molecule has 9 nitrogen and oxygen atoms in total. The summed E-state index contributed by atoms with van der Waals surface area (Å²) in [7, 11) is -9.23. The zero-order valence-electron chi connectivity index (χ0n) is 17.2. The molecular weight excluding hydrogens is 466 g/mol. The average molecular weight is 491 g/mol. The maximum atomic E-state index is 12.1. The molecule has 1 aromatic heterocycles. The molecule has 170 valence electrons. The van der Waals surface area contributed by atoms with Gasteiger partial charge in [0, 0.05) is 25.3 Å². The molecule has 1 aliphatic rings. The summed E-state index contributed by atoms with van der Waals surface area (Å²) in [6, 6.07) is 2.60. The monoisotopic (exact) mass is 490 g/mol. The summed E-state index contributed by atoms with van der Waals surface area (Å²) in [5.41, 5.74) is 1.57. The predicted octanol–water partition coefficient (Wildman–Crippen LogP) is 3.44. The van der Waals surface area contributed by atoms with Crippen LogP contribution >= 0.6 is 11.3 Å². The Balaban J connectivity index is 2.20. The van der Waals surface area contributed by atoms with Crippen molar-refractivity contribution in [2.75, 3.05) is 6.54 Å². The van der Waals surface area contributed by atoms with Crippen LogP contribution in [0.4, 0.5) is 5.69 Å². The minimum atomic E-state index is -4.65. The zero-order valence-corrected chi connectivity index (χ0v) is 19.7. The van der Waals surface area contributed by atoms with Crippen LogP contribution in [0.25, 0.3) is 10.1 Å². The van der Waals surface area contributed by atoms with Crippen molar-refractivity contribution in [1.82, 2.24) is 0 Å². The van der Waals surface area contributed by atoms with E-state index in [9.17, 15) is 30.7 Å². The molecule has 0 atom stereocenters. The molecule has 0 aliphatic carbocycles. The maximum Gasteiger partial charge on any atom is 0.304 e. The molecule has 3 rings (SSSR count). The highest BCUT2D eigenvalue weighted by atomic mass is 32.3. The van der Waals surface area contributed by atoms with Crippen molar-refractivity contribution in [3.05, 3.63) is 17.7 Å². The number of hydrogen-bond donors (Lipinski definition) is 3. The van der Waals surface area contributed by atoms with E-state index in [0.717, 1.165) is 5.71 Å². The molecule has 0 spiro atoms. The van der Waals surface area contributed by atoms with Gasteiger partial charge in [-0.25, -0.2) is 0 Å². The van der Waals surface area contributed by atoms with Crippen molar-refractivity contribution < 1.29 is 40.4 Å². The summed E-state index contributed by atoms with van der Waals surface area (Å²) in [4.78, 5) is 10.3. The Morgan fingerprint density at radius 1 is 1.06 bits per heavy atom. The van der Waals surface area contributed by atoms with E-state index in [-0.39, 0.29) is 11.1 Å². The highest BCUT2D eigenvalue weighted by Gasteiger charge is 2.45. The first-order chi connectivity index (χ1) is 14.2. The molecule has 0 amide bonds. The normalized spacial score (nSPS) is 16.2. The van der Waals surface area contributed by atoms with E-state index in [0.29, 0.717) is 53.8 Å². The number of nitrogens with zero attached hydrogens (tertiary/aromatic N) is 1. The summed E-state index contributed by atoms with van der Waals surface area (Å²) in [6.07, 6.45) is 1.96. The van der Waals surface area contributed by atoms with Gasteiger partial charge in [-0.15, -0.1) is 11.3 Å². The molecule has 31 heavy (non-hydrogen) atoms. The highest BCUT2D eigenvalue weighted by Crippen LogP contribution is 2.48. The first-order valence-electron chi connectivity index (χ1n) is 9.55. The van der Waals surface area contributed by atoms with Crippen LogP contribution in [-0.4, -0.2) is 53.8 Å². The molecule has 0 saturated carbocycles. The molecule has 0 saturated heterocycles. The van der Waals surface area contributed by atoms with Gasteiger partial charge in [0.2, 0.25) is 5.69 Å². The van der Waals surface area contributed by atoms with Gasteiger partial charge < -0.3 is 5.11 Å². The molecule has 0 radical (unpaired) electrons. The molecular formula is C19H24NO8S3+. The fourth-order valence-electron chi connectivity index (χ4n) is 3.93. The second kappa shape index (κ2) is 7.93. The maximum absolute atomic E-state index is 12.1. The quantitative estimate of drug-likeness (QED) is 0.289. The number of rotatable bonds is 8. The number of carboxylic acids is 1. The Kier molecular flexibility index (Phi) is 6.08. The van der Waals surface area contributed by atoms with Crippen LogP contribution in [-0.2, 0) is 30.4 Å². The zero-order chi connectivity index (χ0) is 23.4. The molecule has 0 unspecified atom stereocenters. The molecule has 0 bridgehead atoms. The van der Waals surface area contributed by atoms with Crippen LogP contribution in [0, 0.1) is 0 Å². The fraction of sp³-hybridized carbons (Fsp3) is 0.474. The Morgan fingerprint density at radius 3 is 2.26 bits per heavy atom. The smallest absolute Gasteiger partial charge is 0.304 e. The topological polar surface area (TPSA) is 149 Å². The van der Waals surface area contributed by atoms with Crippen molar-refractivity contribution in [1.29, 1.82) is 0 Å². The number of carbonyl (C=O) groups is 1. The first kappa shape index (κ1) is 23.8. The summed E-state index contributed by atoms with van der Waals surface area (Å²) in [6.45, 7) is 6.23. The molecule has 12 heteroatoms. The lowest BCUT2D eigenvalue weighted by molar-refractivity contribution is -0.438. The van der Waals surface area contributed by atoms with Gasteiger partial charge in [-0.05, 0) is 38.8 Å². The Hall–Kier alpha value is -1.86. The van der Waals surface area contributed by atoms with Crippen molar-refractivity contribution in [3.63, 3.8) is 0 Å². The largest absolute Gasteiger partial charge is 0.481 e.